The second-order valence-electron chi connectivity index (χ2n) is 4.23. The Hall–Kier alpha value is -1.29. The first-order chi connectivity index (χ1) is 7.18. The zero-order valence-corrected chi connectivity index (χ0v) is 9.35. The van der Waals surface area contributed by atoms with Crippen molar-refractivity contribution in [3.05, 3.63) is 18.5 Å². The molecule has 0 radical (unpaired) electrons. The van der Waals surface area contributed by atoms with Crippen molar-refractivity contribution in [1.82, 2.24) is 4.98 Å². The van der Waals surface area contributed by atoms with Gasteiger partial charge >= 0.3 is 0 Å². The van der Waals surface area contributed by atoms with E-state index in [1.807, 2.05) is 19.3 Å². The summed E-state index contributed by atoms with van der Waals surface area (Å²) in [6.07, 6.45) is 4.79. The zero-order valence-electron chi connectivity index (χ0n) is 9.35. The van der Waals surface area contributed by atoms with Gasteiger partial charge < -0.3 is 15.5 Å². The summed E-state index contributed by atoms with van der Waals surface area (Å²) < 4.78 is 0. The molecule has 0 fully saturated rings. The van der Waals surface area contributed by atoms with Crippen molar-refractivity contribution in [2.24, 2.45) is 5.73 Å². The first kappa shape index (κ1) is 10.2. The molecule has 0 amide bonds. The molecule has 0 aromatic carbocycles. The van der Waals surface area contributed by atoms with Gasteiger partial charge in [0.25, 0.3) is 0 Å². The average molecular weight is 206 g/mol. The summed E-state index contributed by atoms with van der Waals surface area (Å²) in [5.74, 6) is 0. The summed E-state index contributed by atoms with van der Waals surface area (Å²) >= 11 is 0. The molecular weight excluding hydrogens is 188 g/mol. The van der Waals surface area contributed by atoms with E-state index in [4.69, 9.17) is 5.73 Å². The number of nitrogens with two attached hydrogens (primary N) is 1. The minimum Gasteiger partial charge on any atom is -0.354 e. The number of hydrogen-bond acceptors (Lipinski definition) is 4. The standard InChI is InChI=1S/C11H18N4/c1-9(12)4-6-15-8-14(2)11-7-13-5-3-10(11)15/h3,5,7,9H,4,6,8,12H2,1-2H3. The van der Waals surface area contributed by atoms with Gasteiger partial charge in [-0.3, -0.25) is 4.98 Å². The van der Waals surface area contributed by atoms with E-state index in [-0.39, 0.29) is 6.04 Å². The summed E-state index contributed by atoms with van der Waals surface area (Å²) in [6, 6.07) is 2.33. The van der Waals surface area contributed by atoms with E-state index in [0.29, 0.717) is 0 Å². The molecule has 82 valence electrons. The Balaban J connectivity index is 2.11. The van der Waals surface area contributed by atoms with Crippen LogP contribution in [0.2, 0.25) is 0 Å². The fourth-order valence-corrected chi connectivity index (χ4v) is 1.90. The van der Waals surface area contributed by atoms with E-state index in [9.17, 15) is 0 Å². The van der Waals surface area contributed by atoms with Crippen LogP contribution in [0.1, 0.15) is 13.3 Å². The minimum atomic E-state index is 0.265. The summed E-state index contributed by atoms with van der Waals surface area (Å²) in [7, 11) is 2.09. The van der Waals surface area contributed by atoms with Crippen LogP contribution in [0.15, 0.2) is 18.5 Å². The van der Waals surface area contributed by atoms with Gasteiger partial charge in [-0.1, -0.05) is 0 Å². The third-order valence-corrected chi connectivity index (χ3v) is 2.77. The largest absolute Gasteiger partial charge is 0.354 e. The van der Waals surface area contributed by atoms with Crippen molar-refractivity contribution in [3.8, 4) is 0 Å². The highest BCUT2D eigenvalue weighted by Crippen LogP contribution is 2.33. The summed E-state index contributed by atoms with van der Waals surface area (Å²) in [5.41, 5.74) is 8.25. The lowest BCUT2D eigenvalue weighted by Gasteiger charge is -2.20. The quantitative estimate of drug-likeness (QED) is 0.802. The zero-order chi connectivity index (χ0) is 10.8. The van der Waals surface area contributed by atoms with Gasteiger partial charge in [0.2, 0.25) is 0 Å². The number of anilines is 2. The van der Waals surface area contributed by atoms with Crippen molar-refractivity contribution in [1.29, 1.82) is 0 Å². The van der Waals surface area contributed by atoms with E-state index < -0.39 is 0 Å². The molecule has 2 N–H and O–H groups in total. The first-order valence-electron chi connectivity index (χ1n) is 5.34. The fraction of sp³-hybridized carbons (Fsp3) is 0.545. The Kier molecular flexibility index (Phi) is 2.77. The van der Waals surface area contributed by atoms with E-state index in [0.717, 1.165) is 19.6 Å². The topological polar surface area (TPSA) is 45.4 Å². The van der Waals surface area contributed by atoms with E-state index in [2.05, 4.69) is 27.9 Å². The molecule has 0 saturated heterocycles. The highest BCUT2D eigenvalue weighted by atomic mass is 15.4. The highest BCUT2D eigenvalue weighted by Gasteiger charge is 2.22. The molecule has 1 aliphatic heterocycles. The first-order valence-corrected chi connectivity index (χ1v) is 5.34. The summed E-state index contributed by atoms with van der Waals surface area (Å²) in [5, 5.41) is 0. The van der Waals surface area contributed by atoms with Crippen molar-refractivity contribution < 1.29 is 0 Å². The lowest BCUT2D eigenvalue weighted by atomic mass is 10.2. The average Bonchev–Trinajstić information content (AvgIpc) is 2.54. The Morgan fingerprint density at radius 3 is 3.07 bits per heavy atom. The number of nitrogens with zero attached hydrogens (tertiary/aromatic N) is 3. The number of aromatic nitrogens is 1. The van der Waals surface area contributed by atoms with Crippen LogP contribution in [0, 0.1) is 0 Å². The van der Waals surface area contributed by atoms with Gasteiger partial charge in [0.15, 0.2) is 0 Å². The van der Waals surface area contributed by atoms with E-state index in [1.165, 1.54) is 11.4 Å². The van der Waals surface area contributed by atoms with Crippen LogP contribution in [0.5, 0.6) is 0 Å². The van der Waals surface area contributed by atoms with Crippen molar-refractivity contribution in [3.63, 3.8) is 0 Å². The molecule has 1 aromatic heterocycles. The van der Waals surface area contributed by atoms with Crippen LogP contribution >= 0.6 is 0 Å². The second-order valence-corrected chi connectivity index (χ2v) is 4.23. The van der Waals surface area contributed by atoms with Crippen LogP contribution in [0.25, 0.3) is 0 Å². The number of hydrogen-bond donors (Lipinski definition) is 1. The molecule has 0 spiro atoms. The smallest absolute Gasteiger partial charge is 0.0901 e. The number of pyridine rings is 1. The van der Waals surface area contributed by atoms with Gasteiger partial charge in [0.1, 0.15) is 0 Å². The van der Waals surface area contributed by atoms with Crippen LogP contribution in [0.3, 0.4) is 0 Å². The highest BCUT2D eigenvalue weighted by molar-refractivity contribution is 5.74. The molecule has 1 aromatic rings. The van der Waals surface area contributed by atoms with Gasteiger partial charge in [-0.2, -0.15) is 0 Å². The SMILES string of the molecule is CC(N)CCN1CN(C)c2cnccc21. The van der Waals surface area contributed by atoms with Crippen molar-refractivity contribution >= 4 is 11.4 Å². The lowest BCUT2D eigenvalue weighted by Crippen LogP contribution is -2.31. The van der Waals surface area contributed by atoms with Crippen LogP contribution < -0.4 is 15.5 Å². The molecule has 0 aliphatic carbocycles. The number of rotatable bonds is 3. The minimum absolute atomic E-state index is 0.265. The maximum absolute atomic E-state index is 5.77. The van der Waals surface area contributed by atoms with Crippen LogP contribution in [0.4, 0.5) is 11.4 Å². The van der Waals surface area contributed by atoms with Gasteiger partial charge in [0, 0.05) is 25.8 Å². The molecule has 2 rings (SSSR count). The molecule has 1 aliphatic rings. The normalized spacial score (nSPS) is 16.7. The van der Waals surface area contributed by atoms with Gasteiger partial charge in [-0.15, -0.1) is 0 Å². The Morgan fingerprint density at radius 2 is 2.33 bits per heavy atom. The predicted molar refractivity (Wildman–Crippen MR) is 63.1 cm³/mol. The molecular formula is C11H18N4. The third-order valence-electron chi connectivity index (χ3n) is 2.77. The number of fused-ring (bicyclic) bond motifs is 1. The molecule has 0 saturated carbocycles. The molecule has 1 atom stereocenters. The van der Waals surface area contributed by atoms with Crippen LogP contribution in [-0.2, 0) is 0 Å². The van der Waals surface area contributed by atoms with Crippen molar-refractivity contribution in [2.45, 2.75) is 19.4 Å². The third kappa shape index (κ3) is 2.04. The van der Waals surface area contributed by atoms with Gasteiger partial charge in [0.05, 0.1) is 24.2 Å². The fourth-order valence-electron chi connectivity index (χ4n) is 1.90. The monoisotopic (exact) mass is 206 g/mol. The molecule has 1 unspecified atom stereocenters. The van der Waals surface area contributed by atoms with Gasteiger partial charge in [-0.25, -0.2) is 0 Å². The molecule has 2 heterocycles. The molecule has 4 nitrogen and oxygen atoms in total. The maximum Gasteiger partial charge on any atom is 0.0901 e. The molecule has 4 heteroatoms. The van der Waals surface area contributed by atoms with E-state index in [1.54, 1.807) is 0 Å². The predicted octanol–water partition coefficient (Wildman–Crippen LogP) is 1.03. The summed E-state index contributed by atoms with van der Waals surface area (Å²) in [6.45, 7) is 4.00. The van der Waals surface area contributed by atoms with E-state index >= 15 is 0 Å². The maximum atomic E-state index is 5.77. The molecule has 15 heavy (non-hydrogen) atoms. The van der Waals surface area contributed by atoms with Gasteiger partial charge in [-0.05, 0) is 19.4 Å². The Labute approximate surface area is 90.7 Å². The Bertz CT molecular complexity index is 337. The molecule has 0 bridgehead atoms. The van der Waals surface area contributed by atoms with Crippen LogP contribution in [-0.4, -0.2) is 31.3 Å². The lowest BCUT2D eigenvalue weighted by molar-refractivity contribution is 0.645. The van der Waals surface area contributed by atoms with Crippen molar-refractivity contribution in [2.75, 3.05) is 30.1 Å². The second kappa shape index (κ2) is 4.06. The summed E-state index contributed by atoms with van der Waals surface area (Å²) in [4.78, 5) is 8.70. The Morgan fingerprint density at radius 1 is 1.53 bits per heavy atom.